The summed E-state index contributed by atoms with van der Waals surface area (Å²) in [5.41, 5.74) is -3.96. The van der Waals surface area contributed by atoms with Gasteiger partial charge in [0.05, 0.1) is 12.0 Å². The molecule has 0 aliphatic heterocycles. The Morgan fingerprint density at radius 3 is 1.53 bits per heavy atom. The molecule has 180 valence electrons. The summed E-state index contributed by atoms with van der Waals surface area (Å²) in [6, 6.07) is 11.2. The van der Waals surface area contributed by atoms with Crippen LogP contribution in [0.15, 0.2) is 65.7 Å². The molecule has 2 aromatic rings. The Labute approximate surface area is 233 Å². The van der Waals surface area contributed by atoms with Crippen molar-refractivity contribution in [1.29, 1.82) is 0 Å². The van der Waals surface area contributed by atoms with E-state index in [1.165, 1.54) is 30.3 Å². The van der Waals surface area contributed by atoms with Crippen molar-refractivity contribution in [3.05, 3.63) is 71.8 Å². The number of hydrogen-bond acceptors (Lipinski definition) is 4. The maximum atomic E-state index is 13.5. The maximum absolute atomic E-state index is 13.5. The van der Waals surface area contributed by atoms with Crippen LogP contribution in [-0.2, 0) is 4.79 Å². The first-order chi connectivity index (χ1) is 15.0. The molecule has 0 N–H and O–H groups in total. The topological polar surface area (TPSA) is 69.6 Å². The number of carboxylic acid groups (broad SMARTS) is 1. The number of carbonyl (C=O) groups excluding carboxylic acids is 2. The van der Waals surface area contributed by atoms with E-state index < -0.39 is 47.9 Å². The van der Waals surface area contributed by atoms with E-state index in [0.717, 1.165) is 38.1 Å². The van der Waals surface area contributed by atoms with Crippen LogP contribution >= 0.6 is 0 Å². The summed E-state index contributed by atoms with van der Waals surface area (Å²) in [6.45, 7) is 2.13. The van der Waals surface area contributed by atoms with Crippen molar-refractivity contribution in [2.24, 2.45) is 4.99 Å². The zero-order valence-electron chi connectivity index (χ0n) is 18.4. The number of hydrogen-bond donors (Lipinski definition) is 0. The number of carboxylic acids is 1. The second-order valence-corrected chi connectivity index (χ2v) is 7.29. The predicted molar refractivity (Wildman–Crippen MR) is 104 cm³/mol. The first kappa shape index (κ1) is 32.4. The molecule has 4 nitrogen and oxygen atoms in total. The van der Waals surface area contributed by atoms with Gasteiger partial charge < -0.3 is 9.90 Å². The zero-order chi connectivity index (χ0) is 25.4. The monoisotopic (exact) mass is 517 g/mol. The molecule has 2 rings (SSSR count). The third-order valence-corrected chi connectivity index (χ3v) is 3.84. The minimum atomic E-state index is -4.85. The molecule has 12 heteroatoms. The number of carbonyl (C=O) groups is 2. The fourth-order valence-corrected chi connectivity index (χ4v) is 2.46. The molecule has 0 aliphatic rings. The van der Waals surface area contributed by atoms with Gasteiger partial charge in [-0.25, -0.2) is 4.39 Å². The third kappa shape index (κ3) is 11.7. The number of aliphatic imine (C=N–C) groups is 1. The van der Waals surface area contributed by atoms with Crippen molar-refractivity contribution < 1.29 is 96.8 Å². The van der Waals surface area contributed by atoms with Crippen LogP contribution in [0.25, 0.3) is 0 Å². The van der Waals surface area contributed by atoms with Gasteiger partial charge in [-0.05, 0) is 13.8 Å². The molecule has 0 saturated carbocycles. The number of alkyl halides is 7. The normalized spacial score (nSPS) is 13.1. The molecule has 34 heavy (non-hydrogen) atoms. The SMILES string of the molecule is CC(C)(F)C[C@H](N=C(c1ccccc1)C(F)(F)F)C(=O)[O-].O=C(c1ccccc1)C(F)(F)F.[K+]. The van der Waals surface area contributed by atoms with E-state index in [1.807, 2.05) is 0 Å². The minimum Gasteiger partial charge on any atom is -0.548 e. The molecule has 0 heterocycles. The van der Waals surface area contributed by atoms with E-state index in [9.17, 15) is 45.4 Å². The van der Waals surface area contributed by atoms with Crippen molar-refractivity contribution in [3.63, 3.8) is 0 Å². The Morgan fingerprint density at radius 1 is 0.794 bits per heavy atom. The van der Waals surface area contributed by atoms with Gasteiger partial charge in [-0.2, -0.15) is 26.3 Å². The summed E-state index contributed by atoms with van der Waals surface area (Å²) < 4.78 is 87.9. The Kier molecular flexibility index (Phi) is 12.8. The van der Waals surface area contributed by atoms with E-state index in [0.29, 0.717) is 0 Å². The fraction of sp³-hybridized carbons (Fsp3) is 0.318. The van der Waals surface area contributed by atoms with Crippen LogP contribution in [0.4, 0.5) is 30.7 Å². The summed E-state index contributed by atoms with van der Waals surface area (Å²) >= 11 is 0. The number of halogens is 7. The summed E-state index contributed by atoms with van der Waals surface area (Å²) in [6.07, 6.45) is -10.3. The summed E-state index contributed by atoms with van der Waals surface area (Å²) in [5.74, 6) is -3.65. The molecule has 2 aromatic carbocycles. The molecule has 1 atom stereocenters. The van der Waals surface area contributed by atoms with Crippen LogP contribution < -0.4 is 56.5 Å². The molecule has 0 aromatic heterocycles. The van der Waals surface area contributed by atoms with Crippen molar-refractivity contribution in [2.45, 2.75) is 44.3 Å². The average Bonchev–Trinajstić information content (AvgIpc) is 2.69. The number of aliphatic carboxylic acids is 1. The molecule has 0 unspecified atom stereocenters. The van der Waals surface area contributed by atoms with Crippen molar-refractivity contribution in [3.8, 4) is 0 Å². The van der Waals surface area contributed by atoms with Crippen LogP contribution in [0.2, 0.25) is 0 Å². The second kappa shape index (κ2) is 13.5. The van der Waals surface area contributed by atoms with Gasteiger partial charge in [-0.15, -0.1) is 0 Å². The van der Waals surface area contributed by atoms with E-state index in [1.54, 1.807) is 6.07 Å². The number of benzene rings is 2. The van der Waals surface area contributed by atoms with Crippen LogP contribution in [-0.4, -0.2) is 41.5 Å². The number of ketones is 1. The quantitative estimate of drug-likeness (QED) is 0.254. The van der Waals surface area contributed by atoms with Gasteiger partial charge in [0.1, 0.15) is 11.4 Å². The van der Waals surface area contributed by atoms with Crippen LogP contribution in [0.3, 0.4) is 0 Å². The van der Waals surface area contributed by atoms with Crippen LogP contribution in [0, 0.1) is 0 Å². The molecule has 0 spiro atoms. The van der Waals surface area contributed by atoms with Gasteiger partial charge in [-0.3, -0.25) is 9.79 Å². The van der Waals surface area contributed by atoms with Crippen LogP contribution in [0.1, 0.15) is 36.2 Å². The van der Waals surface area contributed by atoms with Crippen molar-refractivity contribution >= 4 is 17.5 Å². The summed E-state index contributed by atoms with van der Waals surface area (Å²) in [7, 11) is 0. The first-order valence-corrected chi connectivity index (χ1v) is 9.29. The van der Waals surface area contributed by atoms with Crippen molar-refractivity contribution in [1.82, 2.24) is 0 Å². The smallest absolute Gasteiger partial charge is 0.548 e. The standard InChI is InChI=1S/C14H15F4NO2.C8H5F3O.K/c1-13(2,15)8-10(12(20)21)19-11(14(16,17)18)9-6-4-3-5-7-9;9-8(10,11)7(12)6-4-2-1-3-5-6;/h3-7,10H,8H2,1-2H3,(H,20,21);1-5H;/q;;+1/p-1/t10-;;/m0../s1. The summed E-state index contributed by atoms with van der Waals surface area (Å²) in [4.78, 5) is 24.7. The predicted octanol–water partition coefficient (Wildman–Crippen LogP) is 1.73. The van der Waals surface area contributed by atoms with Gasteiger partial charge in [0.15, 0.2) is 0 Å². The van der Waals surface area contributed by atoms with E-state index in [-0.39, 0.29) is 62.5 Å². The summed E-state index contributed by atoms with van der Waals surface area (Å²) in [5, 5.41) is 10.9. The molecular formula is C22H19F7KNO3. The molecule has 0 fully saturated rings. The average molecular weight is 517 g/mol. The molecule has 0 aliphatic carbocycles. The van der Waals surface area contributed by atoms with E-state index in [2.05, 4.69) is 4.99 Å². The molecule has 0 bridgehead atoms. The Morgan fingerprint density at radius 2 is 1.21 bits per heavy atom. The minimum absolute atomic E-state index is 0. The van der Waals surface area contributed by atoms with Crippen molar-refractivity contribution in [2.75, 3.05) is 0 Å². The van der Waals surface area contributed by atoms with E-state index in [4.69, 9.17) is 0 Å². The fourth-order valence-electron chi connectivity index (χ4n) is 2.46. The van der Waals surface area contributed by atoms with Crippen LogP contribution in [0.5, 0.6) is 0 Å². The Bertz CT molecular complexity index is 954. The zero-order valence-corrected chi connectivity index (χ0v) is 21.5. The van der Waals surface area contributed by atoms with Gasteiger partial charge in [0, 0.05) is 17.5 Å². The number of nitrogens with zero attached hydrogens (tertiary/aromatic N) is 1. The van der Waals surface area contributed by atoms with Gasteiger partial charge in [0.2, 0.25) is 0 Å². The second-order valence-electron chi connectivity index (χ2n) is 7.29. The number of rotatable bonds is 6. The van der Waals surface area contributed by atoms with Gasteiger partial charge >= 0.3 is 63.7 Å². The number of Topliss-reactive ketones (excluding diaryl/α,β-unsaturated/α-hetero) is 1. The Hall–Kier alpha value is -1.60. The Balaban J connectivity index is 0.000000713. The van der Waals surface area contributed by atoms with Gasteiger partial charge in [0.25, 0.3) is 5.78 Å². The van der Waals surface area contributed by atoms with E-state index >= 15 is 0 Å². The molecular weight excluding hydrogens is 498 g/mol. The molecule has 0 saturated heterocycles. The third-order valence-electron chi connectivity index (χ3n) is 3.84. The largest absolute Gasteiger partial charge is 1.00 e. The molecule has 0 radical (unpaired) electrons. The maximum Gasteiger partial charge on any atom is 1.00 e. The molecule has 0 amide bonds. The first-order valence-electron chi connectivity index (χ1n) is 9.29. The van der Waals surface area contributed by atoms with Gasteiger partial charge in [-0.1, -0.05) is 60.7 Å².